The monoisotopic (exact) mass is 255 g/mol. The van der Waals surface area contributed by atoms with Crippen molar-refractivity contribution in [1.82, 2.24) is 0 Å². The number of hydrogen-bond donors (Lipinski definition) is 1. The average molecular weight is 255 g/mol. The van der Waals surface area contributed by atoms with Gasteiger partial charge in [0.2, 0.25) is 0 Å². The molecule has 0 bridgehead atoms. The standard InChI is InChI=1S/C16H17NO2/c1-18-16-9-5-4-8-14(16)17-15-11-19-10-12-6-2-3-7-13(12)15/h2-9,15,17H,10-11H2,1H3. The highest BCUT2D eigenvalue weighted by Gasteiger charge is 2.20. The largest absolute Gasteiger partial charge is 0.495 e. The first kappa shape index (κ1) is 12.1. The van der Waals surface area contributed by atoms with Crippen LogP contribution in [-0.2, 0) is 11.3 Å². The molecule has 98 valence electrons. The number of anilines is 1. The molecule has 0 aliphatic carbocycles. The summed E-state index contributed by atoms with van der Waals surface area (Å²) in [4.78, 5) is 0. The average Bonchev–Trinajstić information content (AvgIpc) is 2.48. The van der Waals surface area contributed by atoms with Crippen molar-refractivity contribution < 1.29 is 9.47 Å². The Hall–Kier alpha value is -2.00. The molecule has 0 fully saturated rings. The molecule has 19 heavy (non-hydrogen) atoms. The third-order valence-electron chi connectivity index (χ3n) is 3.41. The maximum Gasteiger partial charge on any atom is 0.141 e. The van der Waals surface area contributed by atoms with Crippen LogP contribution in [0, 0.1) is 0 Å². The highest BCUT2D eigenvalue weighted by molar-refractivity contribution is 5.57. The molecule has 0 radical (unpaired) electrons. The molecular weight excluding hydrogens is 238 g/mol. The summed E-state index contributed by atoms with van der Waals surface area (Å²) in [5, 5.41) is 3.51. The van der Waals surface area contributed by atoms with E-state index in [2.05, 4.69) is 23.5 Å². The van der Waals surface area contributed by atoms with E-state index in [9.17, 15) is 0 Å². The lowest BCUT2D eigenvalue weighted by Gasteiger charge is -2.27. The molecule has 3 rings (SSSR count). The van der Waals surface area contributed by atoms with E-state index in [4.69, 9.17) is 9.47 Å². The summed E-state index contributed by atoms with van der Waals surface area (Å²) < 4.78 is 11.0. The molecular formula is C16H17NO2. The fraction of sp³-hybridized carbons (Fsp3) is 0.250. The van der Waals surface area contributed by atoms with Gasteiger partial charge in [-0.25, -0.2) is 0 Å². The zero-order chi connectivity index (χ0) is 13.1. The number of fused-ring (bicyclic) bond motifs is 1. The number of nitrogens with one attached hydrogen (secondary N) is 1. The normalized spacial score (nSPS) is 17.6. The predicted octanol–water partition coefficient (Wildman–Crippen LogP) is 3.38. The van der Waals surface area contributed by atoms with Gasteiger partial charge in [0.25, 0.3) is 0 Å². The van der Waals surface area contributed by atoms with Gasteiger partial charge < -0.3 is 14.8 Å². The number of ether oxygens (including phenoxy) is 2. The number of para-hydroxylation sites is 2. The lowest BCUT2D eigenvalue weighted by Crippen LogP contribution is -2.23. The smallest absolute Gasteiger partial charge is 0.141 e. The van der Waals surface area contributed by atoms with Gasteiger partial charge in [-0.15, -0.1) is 0 Å². The van der Waals surface area contributed by atoms with Gasteiger partial charge in [0.15, 0.2) is 0 Å². The SMILES string of the molecule is COc1ccccc1NC1COCc2ccccc21. The molecule has 1 atom stereocenters. The van der Waals surface area contributed by atoms with Gasteiger partial charge in [0, 0.05) is 0 Å². The zero-order valence-corrected chi connectivity index (χ0v) is 10.9. The summed E-state index contributed by atoms with van der Waals surface area (Å²) in [5.74, 6) is 0.852. The molecule has 0 amide bonds. The van der Waals surface area contributed by atoms with Gasteiger partial charge in [0.05, 0.1) is 32.1 Å². The van der Waals surface area contributed by atoms with Crippen LogP contribution < -0.4 is 10.1 Å². The Balaban J connectivity index is 1.88. The lowest BCUT2D eigenvalue weighted by molar-refractivity contribution is 0.0969. The fourth-order valence-corrected chi connectivity index (χ4v) is 2.45. The van der Waals surface area contributed by atoms with E-state index in [1.165, 1.54) is 11.1 Å². The summed E-state index contributed by atoms with van der Waals surface area (Å²) in [6, 6.07) is 16.5. The minimum absolute atomic E-state index is 0.168. The van der Waals surface area contributed by atoms with Crippen molar-refractivity contribution in [2.24, 2.45) is 0 Å². The first-order valence-electron chi connectivity index (χ1n) is 6.43. The second kappa shape index (κ2) is 5.33. The van der Waals surface area contributed by atoms with Crippen LogP contribution in [0.2, 0.25) is 0 Å². The van der Waals surface area contributed by atoms with Crippen LogP contribution in [0.1, 0.15) is 17.2 Å². The molecule has 0 spiro atoms. The van der Waals surface area contributed by atoms with Crippen molar-refractivity contribution in [2.75, 3.05) is 19.0 Å². The second-order valence-corrected chi connectivity index (χ2v) is 4.61. The minimum Gasteiger partial charge on any atom is -0.495 e. The van der Waals surface area contributed by atoms with Crippen molar-refractivity contribution >= 4 is 5.69 Å². The Morgan fingerprint density at radius 2 is 1.89 bits per heavy atom. The van der Waals surface area contributed by atoms with Crippen LogP contribution in [0.5, 0.6) is 5.75 Å². The number of methoxy groups -OCH3 is 1. The first-order chi connectivity index (χ1) is 9.38. The molecule has 1 aliphatic heterocycles. The molecule has 0 saturated carbocycles. The highest BCUT2D eigenvalue weighted by atomic mass is 16.5. The van der Waals surface area contributed by atoms with Crippen molar-refractivity contribution in [2.45, 2.75) is 12.6 Å². The summed E-state index contributed by atoms with van der Waals surface area (Å²) >= 11 is 0. The zero-order valence-electron chi connectivity index (χ0n) is 10.9. The molecule has 0 saturated heterocycles. The topological polar surface area (TPSA) is 30.5 Å². The van der Waals surface area contributed by atoms with Gasteiger partial charge in [0.1, 0.15) is 5.75 Å². The van der Waals surface area contributed by atoms with Crippen LogP contribution >= 0.6 is 0 Å². The predicted molar refractivity (Wildman–Crippen MR) is 75.5 cm³/mol. The molecule has 1 N–H and O–H groups in total. The van der Waals surface area contributed by atoms with Crippen LogP contribution in [-0.4, -0.2) is 13.7 Å². The van der Waals surface area contributed by atoms with Crippen molar-refractivity contribution in [1.29, 1.82) is 0 Å². The van der Waals surface area contributed by atoms with Crippen molar-refractivity contribution in [3.05, 3.63) is 59.7 Å². The number of hydrogen-bond acceptors (Lipinski definition) is 3. The number of rotatable bonds is 3. The molecule has 1 aliphatic rings. The third kappa shape index (κ3) is 2.42. The van der Waals surface area contributed by atoms with Crippen LogP contribution in [0.4, 0.5) is 5.69 Å². The maximum atomic E-state index is 5.65. The minimum atomic E-state index is 0.168. The van der Waals surface area contributed by atoms with Gasteiger partial charge in [-0.1, -0.05) is 36.4 Å². The van der Waals surface area contributed by atoms with Gasteiger partial charge in [-0.3, -0.25) is 0 Å². The maximum absolute atomic E-state index is 5.65. The van der Waals surface area contributed by atoms with Crippen LogP contribution in [0.3, 0.4) is 0 Å². The van der Waals surface area contributed by atoms with Gasteiger partial charge >= 0.3 is 0 Å². The first-order valence-corrected chi connectivity index (χ1v) is 6.43. The van der Waals surface area contributed by atoms with Gasteiger partial charge in [-0.05, 0) is 23.3 Å². The molecule has 1 heterocycles. The quantitative estimate of drug-likeness (QED) is 0.912. The lowest BCUT2D eigenvalue weighted by atomic mass is 9.99. The molecule has 0 aromatic heterocycles. The number of benzene rings is 2. The summed E-state index contributed by atoms with van der Waals surface area (Å²) in [6.45, 7) is 1.37. The Bertz CT molecular complexity index is 568. The van der Waals surface area contributed by atoms with Crippen molar-refractivity contribution in [3.63, 3.8) is 0 Å². The van der Waals surface area contributed by atoms with Gasteiger partial charge in [-0.2, -0.15) is 0 Å². The highest BCUT2D eigenvalue weighted by Crippen LogP contribution is 2.31. The van der Waals surface area contributed by atoms with E-state index in [0.29, 0.717) is 13.2 Å². The van der Waals surface area contributed by atoms with Crippen molar-refractivity contribution in [3.8, 4) is 5.75 Å². The molecule has 2 aromatic rings. The van der Waals surface area contributed by atoms with Crippen LogP contribution in [0.25, 0.3) is 0 Å². The third-order valence-corrected chi connectivity index (χ3v) is 3.41. The molecule has 3 nitrogen and oxygen atoms in total. The van der Waals surface area contributed by atoms with E-state index < -0.39 is 0 Å². The summed E-state index contributed by atoms with van der Waals surface area (Å²) in [5.41, 5.74) is 3.55. The van der Waals surface area contributed by atoms with E-state index >= 15 is 0 Å². The summed E-state index contributed by atoms with van der Waals surface area (Å²) in [7, 11) is 1.69. The van der Waals surface area contributed by atoms with E-state index in [1.807, 2.05) is 30.3 Å². The Kier molecular flexibility index (Phi) is 3.38. The summed E-state index contributed by atoms with van der Waals surface area (Å²) in [6.07, 6.45) is 0. The van der Waals surface area contributed by atoms with E-state index in [0.717, 1.165) is 11.4 Å². The van der Waals surface area contributed by atoms with Crippen LogP contribution in [0.15, 0.2) is 48.5 Å². The molecule has 3 heteroatoms. The molecule has 1 unspecified atom stereocenters. The molecule has 2 aromatic carbocycles. The Morgan fingerprint density at radius 3 is 2.79 bits per heavy atom. The Labute approximate surface area is 113 Å². The second-order valence-electron chi connectivity index (χ2n) is 4.61. The fourth-order valence-electron chi connectivity index (χ4n) is 2.45. The van der Waals surface area contributed by atoms with E-state index in [-0.39, 0.29) is 6.04 Å². The Morgan fingerprint density at radius 1 is 1.11 bits per heavy atom. The van der Waals surface area contributed by atoms with E-state index in [1.54, 1.807) is 7.11 Å².